The van der Waals surface area contributed by atoms with Crippen LogP contribution in [-0.4, -0.2) is 97.9 Å². The molecule has 2 radical (unpaired) electrons. The average Bonchev–Trinajstić information content (AvgIpc) is 2.91. The van der Waals surface area contributed by atoms with Crippen molar-refractivity contribution >= 4 is 0 Å². The molecular weight excluding hydrogens is 667 g/mol. The van der Waals surface area contributed by atoms with E-state index < -0.39 is 22.8 Å². The molecule has 42 heavy (non-hydrogen) atoms. The molecule has 0 bridgehead atoms. The van der Waals surface area contributed by atoms with Gasteiger partial charge in [-0.1, -0.05) is 69.9 Å². The first kappa shape index (κ1) is 50.0. The van der Waals surface area contributed by atoms with Gasteiger partial charge < -0.3 is 63.1 Å². The normalized spacial score (nSPS) is 22.0. The number of aliphatic hydroxyl groups excluding tert-OH is 2. The third kappa shape index (κ3) is 29.8. The summed E-state index contributed by atoms with van der Waals surface area (Å²) in [5.74, 6) is 0. The van der Waals surface area contributed by atoms with Crippen LogP contribution in [0.1, 0.15) is 57.8 Å². The summed E-state index contributed by atoms with van der Waals surface area (Å²) in [5.41, 5.74) is 1.19. The SMILES string of the molecule is C1=CC[N-]C(C2CCCC[N-]2)=C1.C1CCC(C2CCCC[N-]2)[N-]C1.O=[N+]([O-])O.O=[N+]([O-])O.OC(O)C(O)O.[Cu+2].[Cu+2].[OH3+].[OH3+]. The minimum atomic E-state index is -2.04. The summed E-state index contributed by atoms with van der Waals surface area (Å²) < 4.78 is 0. The molecule has 4 heterocycles. The van der Waals surface area contributed by atoms with Crippen molar-refractivity contribution in [3.63, 3.8) is 0 Å². The van der Waals surface area contributed by atoms with E-state index in [2.05, 4.69) is 39.5 Å². The first-order valence-electron chi connectivity index (χ1n) is 12.5. The van der Waals surface area contributed by atoms with E-state index in [-0.39, 0.29) is 45.1 Å². The van der Waals surface area contributed by atoms with E-state index >= 15 is 0 Å². The largest absolute Gasteiger partial charge is 2.00 e. The molecule has 18 nitrogen and oxygen atoms in total. The third-order valence-electron chi connectivity index (χ3n) is 5.61. The second-order valence-electron chi connectivity index (χ2n) is 8.52. The van der Waals surface area contributed by atoms with Gasteiger partial charge in [0.05, 0.1) is 0 Å². The molecule has 3 saturated heterocycles. The molecule has 4 aliphatic rings. The van der Waals surface area contributed by atoms with Crippen LogP contribution >= 0.6 is 0 Å². The molecule has 0 aliphatic carbocycles. The van der Waals surface area contributed by atoms with Crippen molar-refractivity contribution < 1.29 is 86.1 Å². The Morgan fingerprint density at radius 2 is 1.10 bits per heavy atom. The molecule has 3 fully saturated rings. The molecule has 0 aromatic rings. The Labute approximate surface area is 265 Å². The van der Waals surface area contributed by atoms with Crippen LogP contribution in [0.3, 0.4) is 0 Å². The van der Waals surface area contributed by atoms with Gasteiger partial charge in [0, 0.05) is 0 Å². The van der Waals surface area contributed by atoms with Gasteiger partial charge in [-0.2, -0.15) is 17.8 Å². The summed E-state index contributed by atoms with van der Waals surface area (Å²) in [5, 5.41) is 76.3. The molecule has 0 aromatic heterocycles. The van der Waals surface area contributed by atoms with Crippen LogP contribution in [0.2, 0.25) is 0 Å². The monoisotopic (exact) mass is 712 g/mol. The Kier molecular flexibility index (Phi) is 38.4. The van der Waals surface area contributed by atoms with Gasteiger partial charge >= 0.3 is 34.1 Å². The zero-order valence-corrected chi connectivity index (χ0v) is 25.0. The first-order valence-corrected chi connectivity index (χ1v) is 12.5. The van der Waals surface area contributed by atoms with Gasteiger partial charge in [0.15, 0.2) is 0 Å². The summed E-state index contributed by atoms with van der Waals surface area (Å²) in [4.78, 5) is 16.7. The van der Waals surface area contributed by atoms with Crippen molar-refractivity contribution in [2.45, 2.75) is 88.5 Å². The zero-order valence-electron chi connectivity index (χ0n) is 23.1. The van der Waals surface area contributed by atoms with Gasteiger partial charge in [-0.25, -0.2) is 0 Å². The van der Waals surface area contributed by atoms with Gasteiger partial charge in [-0.15, -0.1) is 58.5 Å². The van der Waals surface area contributed by atoms with Crippen molar-refractivity contribution in [1.29, 1.82) is 0 Å². The maximum absolute atomic E-state index is 8.36. The number of allylic oxidation sites excluding steroid dienone is 2. The quantitative estimate of drug-likeness (QED) is 0.0779. The number of rotatable bonds is 3. The first-order chi connectivity index (χ1) is 18.0. The van der Waals surface area contributed by atoms with Gasteiger partial charge in [-0.05, 0) is 0 Å². The molecule has 4 rings (SSSR count). The van der Waals surface area contributed by atoms with E-state index in [1.165, 1.54) is 63.5 Å². The molecule has 0 amide bonds. The molecule has 20 heteroatoms. The van der Waals surface area contributed by atoms with Crippen LogP contribution in [0.5, 0.6) is 0 Å². The van der Waals surface area contributed by atoms with E-state index in [4.69, 9.17) is 51.1 Å². The Morgan fingerprint density at radius 1 is 0.714 bits per heavy atom. The topological polar surface area (TPSA) is 330 Å². The van der Waals surface area contributed by atoms with E-state index in [1.807, 2.05) is 0 Å². The van der Waals surface area contributed by atoms with Crippen molar-refractivity contribution in [3.8, 4) is 0 Å². The number of hydrogen-bond donors (Lipinski definition) is 6. The second kappa shape index (κ2) is 32.3. The van der Waals surface area contributed by atoms with Crippen molar-refractivity contribution in [1.82, 2.24) is 0 Å². The minimum absolute atomic E-state index is 0. The third-order valence-corrected chi connectivity index (χ3v) is 5.61. The van der Waals surface area contributed by atoms with Crippen molar-refractivity contribution in [3.05, 3.63) is 65.4 Å². The summed E-state index contributed by atoms with van der Waals surface area (Å²) in [6, 6.07) is 1.60. The minimum Gasteiger partial charge on any atom is -0.686 e. The Bertz CT molecular complexity index is 651. The summed E-state index contributed by atoms with van der Waals surface area (Å²) in [6.07, 6.45) is 13.9. The summed E-state index contributed by atoms with van der Waals surface area (Å²) in [7, 11) is 0. The standard InChI is InChI=1S/C10H18N2.C10H14N2.C2H6O4.2Cu.2HNO3.2H2O/c2*1-3-7-11-9(5-1)10-6-2-4-8-12-10;3-1(4)2(5)6;;;2*2-1(3)4;;/h9-10H,1-8H2;1,3,5,10H,2,4,6-8H2;1-6H;;;2*(H,2,3,4);2*1H2/q2*-2;;2*+2;;;;/p+2. The summed E-state index contributed by atoms with van der Waals surface area (Å²) >= 11 is 0. The molecule has 3 atom stereocenters. The molecule has 4 aliphatic heterocycles. The van der Waals surface area contributed by atoms with E-state index in [0.29, 0.717) is 18.1 Å². The fourth-order valence-electron chi connectivity index (χ4n) is 3.94. The van der Waals surface area contributed by atoms with Gasteiger partial charge in [-0.3, -0.25) is 0 Å². The fraction of sp³-hybridized carbons (Fsp3) is 0.818. The number of piperidine rings is 3. The van der Waals surface area contributed by atoms with Crippen LogP contribution < -0.4 is 0 Å². The smallest absolute Gasteiger partial charge is 0.686 e. The van der Waals surface area contributed by atoms with E-state index in [1.54, 1.807) is 0 Å². The van der Waals surface area contributed by atoms with E-state index in [9.17, 15) is 0 Å². The molecule has 3 unspecified atom stereocenters. The Hall–Kier alpha value is -1.64. The predicted octanol–water partition coefficient (Wildman–Crippen LogP) is 0.642. The molecule has 256 valence electrons. The Balaban J connectivity index is -0.000000143. The number of hydrogen-bond acceptors (Lipinski definition) is 8. The van der Waals surface area contributed by atoms with Gasteiger partial charge in [0.2, 0.25) is 12.6 Å². The van der Waals surface area contributed by atoms with Crippen LogP contribution in [-0.2, 0) is 45.1 Å². The second-order valence-corrected chi connectivity index (χ2v) is 8.52. The van der Waals surface area contributed by atoms with Crippen LogP contribution in [0.15, 0.2) is 23.9 Å². The number of aliphatic hydroxyl groups is 4. The predicted molar refractivity (Wildman–Crippen MR) is 147 cm³/mol. The molecular formula is C22H46Cu2N6O12+2. The Morgan fingerprint density at radius 3 is 1.36 bits per heavy atom. The van der Waals surface area contributed by atoms with E-state index in [0.717, 1.165) is 26.2 Å². The van der Waals surface area contributed by atoms with Crippen LogP contribution in [0, 0.1) is 20.2 Å². The zero-order chi connectivity index (χ0) is 28.8. The molecule has 0 saturated carbocycles. The average molecular weight is 714 g/mol. The van der Waals surface area contributed by atoms with Crippen LogP contribution in [0.25, 0.3) is 21.3 Å². The summed E-state index contributed by atoms with van der Waals surface area (Å²) in [6.45, 7) is 4.06. The molecule has 12 N–H and O–H groups in total. The van der Waals surface area contributed by atoms with Gasteiger partial charge in [0.25, 0.3) is 10.2 Å². The molecule has 0 aromatic carbocycles. The van der Waals surface area contributed by atoms with Crippen molar-refractivity contribution in [2.24, 2.45) is 0 Å². The van der Waals surface area contributed by atoms with Gasteiger partial charge in [0.1, 0.15) is 0 Å². The number of nitrogens with zero attached hydrogens (tertiary/aromatic N) is 6. The molecule has 0 spiro atoms. The maximum atomic E-state index is 8.36. The maximum Gasteiger partial charge on any atom is 2.00 e. The van der Waals surface area contributed by atoms with Crippen LogP contribution in [0.4, 0.5) is 0 Å². The fourth-order valence-corrected chi connectivity index (χ4v) is 3.94. The van der Waals surface area contributed by atoms with Crippen molar-refractivity contribution in [2.75, 3.05) is 26.2 Å².